The third-order valence-electron chi connectivity index (χ3n) is 3.63. The largest absolute Gasteiger partial charge is 0.481 e. The fraction of sp³-hybridized carbons (Fsp3) is 0.786. The summed E-state index contributed by atoms with van der Waals surface area (Å²) in [4.78, 5) is 35.0. The number of nitrogens with one attached hydrogen (secondary N) is 1. The summed E-state index contributed by atoms with van der Waals surface area (Å²) < 4.78 is 9.78. The van der Waals surface area contributed by atoms with Crippen LogP contribution in [0.15, 0.2) is 0 Å². The second-order valence-corrected chi connectivity index (χ2v) is 6.33. The number of alkyl carbamates (subject to hydrolysis) is 1. The smallest absolute Gasteiger partial charge is 0.407 e. The van der Waals surface area contributed by atoms with E-state index in [1.807, 2.05) is 0 Å². The van der Waals surface area contributed by atoms with Gasteiger partial charge in [-0.3, -0.25) is 9.59 Å². The average molecular weight is 317 g/mol. The van der Waals surface area contributed by atoms with Gasteiger partial charge < -0.3 is 25.0 Å². The fourth-order valence-electron chi connectivity index (χ4n) is 2.71. The summed E-state index contributed by atoms with van der Waals surface area (Å²) in [6, 6.07) is -0.853. The van der Waals surface area contributed by atoms with Crippen molar-refractivity contribution in [1.29, 1.82) is 0 Å². The van der Waals surface area contributed by atoms with Crippen molar-refractivity contribution in [2.45, 2.75) is 38.8 Å². The number of methoxy groups -OCH3 is 1. The number of carbonyl (C=O) groups is 3. The lowest BCUT2D eigenvalue weighted by molar-refractivity contribution is -0.146. The van der Waals surface area contributed by atoms with Crippen molar-refractivity contribution in [1.82, 2.24) is 5.32 Å². The highest BCUT2D eigenvalue weighted by atomic mass is 16.6. The first-order valence-electron chi connectivity index (χ1n) is 7.01. The molecule has 8 heteroatoms. The van der Waals surface area contributed by atoms with Gasteiger partial charge in [-0.25, -0.2) is 4.79 Å². The molecule has 1 fully saturated rings. The molecule has 1 aliphatic rings. The quantitative estimate of drug-likeness (QED) is 0.641. The van der Waals surface area contributed by atoms with Crippen molar-refractivity contribution in [2.24, 2.45) is 17.8 Å². The van der Waals surface area contributed by atoms with Gasteiger partial charge in [0, 0.05) is 12.5 Å². The highest BCUT2D eigenvalue weighted by Crippen LogP contribution is 2.37. The predicted octanol–water partition coefficient (Wildman–Crippen LogP) is 0.382. The molecular formula is C14H23NO7. The van der Waals surface area contributed by atoms with E-state index in [0.717, 1.165) is 0 Å². The molecule has 0 unspecified atom stereocenters. The molecule has 0 radical (unpaired) electrons. The van der Waals surface area contributed by atoms with Gasteiger partial charge in [0.2, 0.25) is 0 Å². The van der Waals surface area contributed by atoms with E-state index >= 15 is 0 Å². The van der Waals surface area contributed by atoms with Gasteiger partial charge in [0.05, 0.1) is 25.0 Å². The summed E-state index contributed by atoms with van der Waals surface area (Å²) in [7, 11) is 1.19. The lowest BCUT2D eigenvalue weighted by atomic mass is 9.94. The second-order valence-electron chi connectivity index (χ2n) is 6.33. The van der Waals surface area contributed by atoms with E-state index in [9.17, 15) is 24.6 Å². The molecule has 0 aromatic rings. The summed E-state index contributed by atoms with van der Waals surface area (Å²) >= 11 is 0. The molecule has 0 aromatic carbocycles. The second kappa shape index (κ2) is 6.95. The molecule has 4 atom stereocenters. The third-order valence-corrected chi connectivity index (χ3v) is 3.63. The Kier molecular flexibility index (Phi) is 5.76. The standard InChI is InChI=1S/C14H23NO7/c1-14(2,3)22-13(20)15-10-8(12(19)21-4)5-7(11(17)18)9(10)6-16/h7-10,16H,5-6H2,1-4H3,(H,15,20)(H,17,18)/t7-,8+,9+,10-/m1/s1. The Balaban J connectivity index is 2.95. The minimum atomic E-state index is -1.12. The number of hydrogen-bond acceptors (Lipinski definition) is 6. The van der Waals surface area contributed by atoms with E-state index < -0.39 is 54.0 Å². The Morgan fingerprint density at radius 3 is 2.23 bits per heavy atom. The fourth-order valence-corrected chi connectivity index (χ4v) is 2.71. The molecule has 0 bridgehead atoms. The summed E-state index contributed by atoms with van der Waals surface area (Å²) in [5.41, 5.74) is -0.732. The zero-order chi connectivity index (χ0) is 17.1. The number of aliphatic hydroxyl groups is 1. The molecular weight excluding hydrogens is 294 g/mol. The van der Waals surface area contributed by atoms with E-state index in [2.05, 4.69) is 10.1 Å². The van der Waals surface area contributed by atoms with Crippen LogP contribution in [0.2, 0.25) is 0 Å². The number of carboxylic acids is 1. The van der Waals surface area contributed by atoms with Crippen molar-refractivity contribution >= 4 is 18.0 Å². The van der Waals surface area contributed by atoms with Gasteiger partial charge in [-0.15, -0.1) is 0 Å². The van der Waals surface area contributed by atoms with Crippen LogP contribution in [0.25, 0.3) is 0 Å². The van der Waals surface area contributed by atoms with Gasteiger partial charge in [-0.1, -0.05) is 0 Å². The molecule has 1 rings (SSSR count). The summed E-state index contributed by atoms with van der Waals surface area (Å²) in [5.74, 6) is -4.30. The van der Waals surface area contributed by atoms with Crippen LogP contribution in [0.1, 0.15) is 27.2 Å². The van der Waals surface area contributed by atoms with Crippen LogP contribution in [0.5, 0.6) is 0 Å². The Labute approximate surface area is 128 Å². The van der Waals surface area contributed by atoms with Crippen molar-refractivity contribution < 1.29 is 34.1 Å². The highest BCUT2D eigenvalue weighted by molar-refractivity contribution is 5.79. The Morgan fingerprint density at radius 2 is 1.82 bits per heavy atom. The van der Waals surface area contributed by atoms with Gasteiger partial charge >= 0.3 is 18.0 Å². The minimum absolute atomic E-state index is 0.00625. The first-order chi connectivity index (χ1) is 10.1. The molecule has 1 amide bonds. The predicted molar refractivity (Wildman–Crippen MR) is 75.0 cm³/mol. The molecule has 8 nitrogen and oxygen atoms in total. The van der Waals surface area contributed by atoms with Crippen LogP contribution in [-0.4, -0.2) is 53.6 Å². The van der Waals surface area contributed by atoms with E-state index in [-0.39, 0.29) is 6.42 Å². The summed E-state index contributed by atoms with van der Waals surface area (Å²) in [6.45, 7) is 4.58. The number of aliphatic carboxylic acids is 1. The Morgan fingerprint density at radius 1 is 1.23 bits per heavy atom. The summed E-state index contributed by atoms with van der Waals surface area (Å²) in [5, 5.41) is 21.2. The monoisotopic (exact) mass is 317 g/mol. The third kappa shape index (κ3) is 4.33. The van der Waals surface area contributed by atoms with E-state index in [1.165, 1.54) is 7.11 Å². The van der Waals surface area contributed by atoms with Crippen LogP contribution in [0.3, 0.4) is 0 Å². The molecule has 1 aliphatic carbocycles. The van der Waals surface area contributed by atoms with Gasteiger partial charge in [-0.05, 0) is 27.2 Å². The first-order valence-corrected chi connectivity index (χ1v) is 7.01. The van der Waals surface area contributed by atoms with E-state index in [1.54, 1.807) is 20.8 Å². The SMILES string of the molecule is COC(=O)[C@H]1C[C@@H](C(=O)O)[C@H](CO)[C@@H]1NC(=O)OC(C)(C)C. The lowest BCUT2D eigenvalue weighted by Gasteiger charge is -2.27. The van der Waals surface area contributed by atoms with Crippen LogP contribution in [0, 0.1) is 17.8 Å². The molecule has 3 N–H and O–H groups in total. The molecule has 0 heterocycles. The zero-order valence-electron chi connectivity index (χ0n) is 13.2. The summed E-state index contributed by atoms with van der Waals surface area (Å²) in [6.07, 6.45) is -0.774. The molecule has 126 valence electrons. The number of rotatable bonds is 4. The zero-order valence-corrected chi connectivity index (χ0v) is 13.2. The van der Waals surface area contributed by atoms with Gasteiger partial charge in [0.1, 0.15) is 5.60 Å². The van der Waals surface area contributed by atoms with Crippen LogP contribution in [0.4, 0.5) is 4.79 Å². The topological polar surface area (TPSA) is 122 Å². The van der Waals surface area contributed by atoms with E-state index in [0.29, 0.717) is 0 Å². The van der Waals surface area contributed by atoms with Gasteiger partial charge in [-0.2, -0.15) is 0 Å². The molecule has 0 spiro atoms. The molecule has 22 heavy (non-hydrogen) atoms. The first kappa shape index (κ1) is 18.2. The molecule has 0 saturated heterocycles. The molecule has 1 saturated carbocycles. The average Bonchev–Trinajstić information content (AvgIpc) is 2.74. The number of amides is 1. The van der Waals surface area contributed by atoms with Crippen molar-refractivity contribution in [3.63, 3.8) is 0 Å². The number of aliphatic hydroxyl groups excluding tert-OH is 1. The number of ether oxygens (including phenoxy) is 2. The molecule has 0 aliphatic heterocycles. The van der Waals surface area contributed by atoms with Crippen molar-refractivity contribution in [3.05, 3.63) is 0 Å². The van der Waals surface area contributed by atoms with E-state index in [4.69, 9.17) is 4.74 Å². The van der Waals surface area contributed by atoms with Crippen LogP contribution < -0.4 is 5.32 Å². The minimum Gasteiger partial charge on any atom is -0.481 e. The van der Waals surface area contributed by atoms with Gasteiger partial charge in [0.15, 0.2) is 0 Å². The number of hydrogen-bond donors (Lipinski definition) is 3. The van der Waals surface area contributed by atoms with Crippen LogP contribution >= 0.6 is 0 Å². The van der Waals surface area contributed by atoms with Crippen LogP contribution in [-0.2, 0) is 19.1 Å². The van der Waals surface area contributed by atoms with Crippen molar-refractivity contribution in [3.8, 4) is 0 Å². The maximum atomic E-state index is 11.9. The van der Waals surface area contributed by atoms with Crippen molar-refractivity contribution in [2.75, 3.05) is 13.7 Å². The highest BCUT2D eigenvalue weighted by Gasteiger charge is 2.50. The maximum absolute atomic E-state index is 11.9. The number of carbonyl (C=O) groups excluding carboxylic acids is 2. The Hall–Kier alpha value is -1.83. The maximum Gasteiger partial charge on any atom is 0.407 e. The normalized spacial score (nSPS) is 28.0. The number of carboxylic acid groups (broad SMARTS) is 1. The number of esters is 1. The van der Waals surface area contributed by atoms with Gasteiger partial charge in [0.25, 0.3) is 0 Å². The molecule has 0 aromatic heterocycles. The Bertz CT molecular complexity index is 443. The lowest BCUT2D eigenvalue weighted by Crippen LogP contribution is -2.47.